The molecule has 0 saturated carbocycles. The molecule has 4 N–H and O–H groups in total. The first-order chi connectivity index (χ1) is 9.51. The van der Waals surface area contributed by atoms with E-state index in [9.17, 15) is 4.79 Å². The molecule has 2 aromatic rings. The Bertz CT molecular complexity index is 659. The van der Waals surface area contributed by atoms with Crippen molar-refractivity contribution < 1.29 is 14.6 Å². The molecule has 2 aromatic carbocycles. The average molecular weight is 293 g/mol. The zero-order valence-corrected chi connectivity index (χ0v) is 11.4. The van der Waals surface area contributed by atoms with Crippen LogP contribution in [0.2, 0.25) is 5.02 Å². The van der Waals surface area contributed by atoms with Gasteiger partial charge in [-0.25, -0.2) is 4.79 Å². The van der Waals surface area contributed by atoms with E-state index in [1.165, 1.54) is 19.2 Å². The molecule has 6 heteroatoms. The van der Waals surface area contributed by atoms with E-state index in [-0.39, 0.29) is 5.56 Å². The van der Waals surface area contributed by atoms with E-state index in [1.54, 1.807) is 24.3 Å². The highest BCUT2D eigenvalue weighted by atomic mass is 35.5. The van der Waals surface area contributed by atoms with Crippen molar-refractivity contribution >= 4 is 34.6 Å². The highest BCUT2D eigenvalue weighted by Gasteiger charge is 2.11. The molecule has 104 valence electrons. The van der Waals surface area contributed by atoms with Crippen LogP contribution in [0.4, 0.5) is 17.1 Å². The molecule has 0 fully saturated rings. The maximum Gasteiger partial charge on any atom is 0.337 e. The number of anilines is 3. The SMILES string of the molecule is COc1ccc(Nc2cc(N)ccc2C(=O)O)cc1Cl. The Labute approximate surface area is 120 Å². The van der Waals surface area contributed by atoms with Crippen LogP contribution in [0, 0.1) is 0 Å². The molecule has 0 spiro atoms. The topological polar surface area (TPSA) is 84.6 Å². The fourth-order valence-corrected chi connectivity index (χ4v) is 2.01. The molecule has 0 amide bonds. The molecule has 0 aliphatic heterocycles. The number of aromatic carboxylic acids is 1. The molecular formula is C14H13ClN2O3. The number of rotatable bonds is 4. The number of halogens is 1. The van der Waals surface area contributed by atoms with Gasteiger partial charge in [0.1, 0.15) is 5.75 Å². The maximum absolute atomic E-state index is 11.2. The second-order valence-corrected chi connectivity index (χ2v) is 4.49. The molecule has 0 atom stereocenters. The Hall–Kier alpha value is -2.40. The molecule has 0 bridgehead atoms. The lowest BCUT2D eigenvalue weighted by atomic mass is 10.1. The van der Waals surface area contributed by atoms with Crippen molar-refractivity contribution in [3.8, 4) is 5.75 Å². The van der Waals surface area contributed by atoms with Gasteiger partial charge in [0.2, 0.25) is 0 Å². The van der Waals surface area contributed by atoms with E-state index in [1.807, 2.05) is 0 Å². The van der Waals surface area contributed by atoms with E-state index in [4.69, 9.17) is 27.2 Å². The molecule has 0 radical (unpaired) electrons. The first-order valence-electron chi connectivity index (χ1n) is 5.74. The number of nitrogen functional groups attached to an aromatic ring is 1. The van der Waals surface area contributed by atoms with Crippen LogP contribution in [0.5, 0.6) is 5.75 Å². The number of carbonyl (C=O) groups is 1. The molecule has 0 aromatic heterocycles. The van der Waals surface area contributed by atoms with Gasteiger partial charge in [0, 0.05) is 11.4 Å². The van der Waals surface area contributed by atoms with Crippen molar-refractivity contribution in [3.63, 3.8) is 0 Å². The lowest BCUT2D eigenvalue weighted by Crippen LogP contribution is -2.03. The summed E-state index contributed by atoms with van der Waals surface area (Å²) in [6, 6.07) is 9.62. The minimum atomic E-state index is -1.04. The number of carboxylic acids is 1. The van der Waals surface area contributed by atoms with Gasteiger partial charge in [-0.1, -0.05) is 11.6 Å². The Morgan fingerprint density at radius 1 is 1.30 bits per heavy atom. The molecule has 2 rings (SSSR count). The zero-order valence-electron chi connectivity index (χ0n) is 10.7. The zero-order chi connectivity index (χ0) is 14.7. The second kappa shape index (κ2) is 5.71. The van der Waals surface area contributed by atoms with E-state index in [2.05, 4.69) is 5.32 Å². The molecule has 0 aliphatic rings. The summed E-state index contributed by atoms with van der Waals surface area (Å²) in [5.41, 5.74) is 7.32. The van der Waals surface area contributed by atoms with Gasteiger partial charge in [0.25, 0.3) is 0 Å². The smallest absolute Gasteiger partial charge is 0.337 e. The molecule has 5 nitrogen and oxygen atoms in total. The largest absolute Gasteiger partial charge is 0.495 e. The maximum atomic E-state index is 11.2. The van der Waals surface area contributed by atoms with E-state index in [0.717, 1.165) is 0 Å². The van der Waals surface area contributed by atoms with Gasteiger partial charge in [-0.3, -0.25) is 0 Å². The fourth-order valence-electron chi connectivity index (χ4n) is 1.75. The monoisotopic (exact) mass is 292 g/mol. The minimum Gasteiger partial charge on any atom is -0.495 e. The Morgan fingerprint density at radius 3 is 2.65 bits per heavy atom. The first kappa shape index (κ1) is 14.0. The molecule has 0 saturated heterocycles. The number of ether oxygens (including phenoxy) is 1. The van der Waals surface area contributed by atoms with E-state index < -0.39 is 5.97 Å². The van der Waals surface area contributed by atoms with Crippen LogP contribution >= 0.6 is 11.6 Å². The summed E-state index contributed by atoms with van der Waals surface area (Å²) in [5, 5.41) is 12.6. The van der Waals surface area contributed by atoms with Crippen LogP contribution in [0.15, 0.2) is 36.4 Å². The van der Waals surface area contributed by atoms with Crippen LogP contribution in [0.3, 0.4) is 0 Å². The number of carboxylic acid groups (broad SMARTS) is 1. The summed E-state index contributed by atoms with van der Waals surface area (Å²) < 4.78 is 5.06. The molecule has 20 heavy (non-hydrogen) atoms. The van der Waals surface area contributed by atoms with Gasteiger partial charge in [-0.15, -0.1) is 0 Å². The van der Waals surface area contributed by atoms with Crippen LogP contribution in [0.1, 0.15) is 10.4 Å². The summed E-state index contributed by atoms with van der Waals surface area (Å²) in [7, 11) is 1.52. The standard InChI is InChI=1S/C14H13ClN2O3/c1-20-13-5-3-9(7-11(13)15)17-12-6-8(16)2-4-10(12)14(18)19/h2-7,17H,16H2,1H3,(H,18,19). The van der Waals surface area contributed by atoms with E-state index >= 15 is 0 Å². The number of hydrogen-bond donors (Lipinski definition) is 3. The predicted octanol–water partition coefficient (Wildman–Crippen LogP) is 3.37. The highest BCUT2D eigenvalue weighted by molar-refractivity contribution is 6.32. The molecule has 0 unspecified atom stereocenters. The number of methoxy groups -OCH3 is 1. The van der Waals surface area contributed by atoms with Crippen molar-refractivity contribution in [1.29, 1.82) is 0 Å². The number of benzene rings is 2. The third-order valence-corrected chi connectivity index (χ3v) is 3.00. The van der Waals surface area contributed by atoms with Crippen molar-refractivity contribution in [2.45, 2.75) is 0 Å². The Balaban J connectivity index is 2.36. The van der Waals surface area contributed by atoms with Crippen LogP contribution < -0.4 is 15.8 Å². The normalized spacial score (nSPS) is 10.1. The number of hydrogen-bond acceptors (Lipinski definition) is 4. The van der Waals surface area contributed by atoms with E-state index in [0.29, 0.717) is 27.8 Å². The Kier molecular flexibility index (Phi) is 4.00. The highest BCUT2D eigenvalue weighted by Crippen LogP contribution is 2.30. The second-order valence-electron chi connectivity index (χ2n) is 4.08. The summed E-state index contributed by atoms with van der Waals surface area (Å²) >= 11 is 6.02. The van der Waals surface area contributed by atoms with Gasteiger partial charge in [-0.2, -0.15) is 0 Å². The van der Waals surface area contributed by atoms with Crippen molar-refractivity contribution in [2.24, 2.45) is 0 Å². The summed E-state index contributed by atoms with van der Waals surface area (Å²) in [6.07, 6.45) is 0. The van der Waals surface area contributed by atoms with Gasteiger partial charge < -0.3 is 20.9 Å². The summed E-state index contributed by atoms with van der Waals surface area (Å²) in [5.74, 6) is -0.490. The third-order valence-electron chi connectivity index (χ3n) is 2.70. The molecule has 0 aliphatic carbocycles. The average Bonchev–Trinajstić information content (AvgIpc) is 2.38. The molecular weight excluding hydrogens is 280 g/mol. The predicted molar refractivity (Wildman–Crippen MR) is 79.1 cm³/mol. The van der Waals surface area contributed by atoms with Gasteiger partial charge in [0.15, 0.2) is 0 Å². The van der Waals surface area contributed by atoms with Crippen molar-refractivity contribution in [1.82, 2.24) is 0 Å². The summed E-state index contributed by atoms with van der Waals surface area (Å²) in [6.45, 7) is 0. The number of nitrogens with two attached hydrogens (primary N) is 1. The van der Waals surface area contributed by atoms with Crippen LogP contribution in [-0.2, 0) is 0 Å². The van der Waals surface area contributed by atoms with Gasteiger partial charge in [-0.05, 0) is 36.4 Å². The number of nitrogens with one attached hydrogen (secondary N) is 1. The van der Waals surface area contributed by atoms with Crippen LogP contribution in [-0.4, -0.2) is 18.2 Å². The fraction of sp³-hybridized carbons (Fsp3) is 0.0714. The van der Waals surface area contributed by atoms with Gasteiger partial charge >= 0.3 is 5.97 Å². The molecule has 0 heterocycles. The lowest BCUT2D eigenvalue weighted by Gasteiger charge is -2.12. The van der Waals surface area contributed by atoms with Crippen molar-refractivity contribution in [3.05, 3.63) is 47.0 Å². The first-order valence-corrected chi connectivity index (χ1v) is 6.12. The minimum absolute atomic E-state index is 0.131. The van der Waals surface area contributed by atoms with Gasteiger partial charge in [0.05, 0.1) is 23.4 Å². The third kappa shape index (κ3) is 2.95. The summed E-state index contributed by atoms with van der Waals surface area (Å²) in [4.78, 5) is 11.2. The lowest BCUT2D eigenvalue weighted by molar-refractivity contribution is 0.0698. The van der Waals surface area contributed by atoms with Crippen molar-refractivity contribution in [2.75, 3.05) is 18.2 Å². The quantitative estimate of drug-likeness (QED) is 0.752. The Morgan fingerprint density at radius 2 is 2.05 bits per heavy atom. The van der Waals surface area contributed by atoms with Crippen LogP contribution in [0.25, 0.3) is 0 Å².